The van der Waals surface area contributed by atoms with Crippen molar-refractivity contribution in [2.45, 2.75) is 37.8 Å². The molecule has 21 heavy (non-hydrogen) atoms. The first-order valence-electron chi connectivity index (χ1n) is 7.72. The number of hydrogen-bond donors (Lipinski definition) is 1. The summed E-state index contributed by atoms with van der Waals surface area (Å²) in [6.45, 7) is 3.49. The molecule has 1 fully saturated rings. The number of piperidine rings is 1. The van der Waals surface area contributed by atoms with Gasteiger partial charge in [-0.05, 0) is 39.4 Å². The molecular formula is C17H27N3O. The Morgan fingerprint density at radius 3 is 2.33 bits per heavy atom. The van der Waals surface area contributed by atoms with E-state index in [2.05, 4.69) is 43.3 Å². The average molecular weight is 289 g/mol. The molecule has 2 N–H and O–H groups in total. The van der Waals surface area contributed by atoms with Crippen LogP contribution in [0.4, 0.5) is 0 Å². The molecule has 0 aliphatic carbocycles. The highest BCUT2D eigenvalue weighted by Crippen LogP contribution is 2.37. The van der Waals surface area contributed by atoms with Crippen LogP contribution in [0.3, 0.4) is 0 Å². The highest BCUT2D eigenvalue weighted by Gasteiger charge is 2.39. The molecule has 0 aromatic heterocycles. The molecule has 1 unspecified atom stereocenters. The number of rotatable bonds is 4. The molecule has 1 aromatic carbocycles. The first kappa shape index (κ1) is 16.0. The fourth-order valence-electron chi connectivity index (χ4n) is 3.27. The number of hydrogen-bond acceptors (Lipinski definition) is 3. The first-order valence-corrected chi connectivity index (χ1v) is 7.72. The third kappa shape index (κ3) is 3.44. The number of likely N-dealkylation sites (tertiary alicyclic amines) is 1. The van der Waals surface area contributed by atoms with Gasteiger partial charge in [0.2, 0.25) is 5.91 Å². The van der Waals surface area contributed by atoms with Crippen molar-refractivity contribution in [2.75, 3.05) is 27.2 Å². The maximum Gasteiger partial charge on any atom is 0.224 e. The fourth-order valence-corrected chi connectivity index (χ4v) is 3.27. The zero-order chi connectivity index (χ0) is 15.5. The summed E-state index contributed by atoms with van der Waals surface area (Å²) in [5.41, 5.74) is 7.11. The molecule has 0 radical (unpaired) electrons. The van der Waals surface area contributed by atoms with E-state index < -0.39 is 0 Å². The minimum Gasteiger partial charge on any atom is -0.342 e. The fraction of sp³-hybridized carbons (Fsp3) is 0.588. The number of benzene rings is 1. The van der Waals surface area contributed by atoms with Gasteiger partial charge < -0.3 is 10.6 Å². The van der Waals surface area contributed by atoms with Crippen LogP contribution in [0.5, 0.6) is 0 Å². The van der Waals surface area contributed by atoms with Gasteiger partial charge in [-0.25, -0.2) is 0 Å². The number of carbonyl (C=O) groups excluding carboxylic acids is 1. The van der Waals surface area contributed by atoms with E-state index in [-0.39, 0.29) is 17.5 Å². The van der Waals surface area contributed by atoms with Crippen molar-refractivity contribution in [1.29, 1.82) is 0 Å². The monoisotopic (exact) mass is 289 g/mol. The summed E-state index contributed by atoms with van der Waals surface area (Å²) in [5.74, 6) is 0.186. The van der Waals surface area contributed by atoms with Crippen LogP contribution in [0.25, 0.3) is 0 Å². The number of nitrogens with zero attached hydrogens (tertiary/aromatic N) is 2. The van der Waals surface area contributed by atoms with E-state index in [0.717, 1.165) is 25.9 Å². The Morgan fingerprint density at radius 1 is 1.29 bits per heavy atom. The van der Waals surface area contributed by atoms with Gasteiger partial charge in [-0.15, -0.1) is 0 Å². The minimum absolute atomic E-state index is 0.0341. The minimum atomic E-state index is -0.0628. The van der Waals surface area contributed by atoms with E-state index >= 15 is 0 Å². The quantitative estimate of drug-likeness (QED) is 0.919. The normalized spacial score (nSPS) is 19.6. The van der Waals surface area contributed by atoms with Crippen molar-refractivity contribution in [3.05, 3.63) is 35.9 Å². The average Bonchev–Trinajstić information content (AvgIpc) is 2.47. The van der Waals surface area contributed by atoms with Crippen LogP contribution in [0, 0.1) is 0 Å². The van der Waals surface area contributed by atoms with Gasteiger partial charge in [-0.1, -0.05) is 30.3 Å². The second kappa shape index (κ2) is 6.58. The van der Waals surface area contributed by atoms with Crippen LogP contribution in [-0.2, 0) is 10.3 Å². The molecule has 2 rings (SSSR count). The Kier molecular flexibility index (Phi) is 5.01. The molecule has 1 aliphatic heterocycles. The zero-order valence-corrected chi connectivity index (χ0v) is 13.4. The van der Waals surface area contributed by atoms with Crippen molar-refractivity contribution in [3.8, 4) is 0 Å². The van der Waals surface area contributed by atoms with E-state index in [9.17, 15) is 4.79 Å². The van der Waals surface area contributed by atoms with Crippen LogP contribution >= 0.6 is 0 Å². The molecule has 1 heterocycles. The Bertz CT molecular complexity index is 462. The molecule has 1 aliphatic rings. The van der Waals surface area contributed by atoms with Crippen molar-refractivity contribution in [3.63, 3.8) is 0 Å². The second-order valence-corrected chi connectivity index (χ2v) is 6.35. The van der Waals surface area contributed by atoms with Gasteiger partial charge in [0.25, 0.3) is 0 Å². The number of carbonyl (C=O) groups is 1. The Labute approximate surface area is 127 Å². The third-order valence-electron chi connectivity index (χ3n) is 4.61. The van der Waals surface area contributed by atoms with Crippen molar-refractivity contribution < 1.29 is 4.79 Å². The summed E-state index contributed by atoms with van der Waals surface area (Å²) in [5, 5.41) is 0. The summed E-state index contributed by atoms with van der Waals surface area (Å²) >= 11 is 0. The predicted molar refractivity (Wildman–Crippen MR) is 85.9 cm³/mol. The van der Waals surface area contributed by atoms with Crippen LogP contribution in [0.15, 0.2) is 30.3 Å². The maximum atomic E-state index is 12.2. The van der Waals surface area contributed by atoms with Crippen LogP contribution < -0.4 is 5.73 Å². The maximum absolute atomic E-state index is 12.2. The highest BCUT2D eigenvalue weighted by atomic mass is 16.2. The third-order valence-corrected chi connectivity index (χ3v) is 4.61. The lowest BCUT2D eigenvalue weighted by Gasteiger charge is -2.46. The first-order chi connectivity index (χ1) is 9.95. The van der Waals surface area contributed by atoms with Gasteiger partial charge in [-0.3, -0.25) is 9.69 Å². The van der Waals surface area contributed by atoms with E-state index in [0.29, 0.717) is 6.42 Å². The van der Waals surface area contributed by atoms with E-state index in [1.165, 1.54) is 5.56 Å². The van der Waals surface area contributed by atoms with Gasteiger partial charge >= 0.3 is 0 Å². The largest absolute Gasteiger partial charge is 0.342 e. The molecule has 0 spiro atoms. The topological polar surface area (TPSA) is 49.6 Å². The van der Waals surface area contributed by atoms with Gasteiger partial charge in [0.1, 0.15) is 0 Å². The van der Waals surface area contributed by atoms with Gasteiger partial charge in [0.05, 0.1) is 0 Å². The van der Waals surface area contributed by atoms with Crippen LogP contribution in [-0.4, -0.2) is 48.9 Å². The standard InChI is InChI=1S/C17H27N3O/c1-14(18)13-16(21)20-11-9-17(10-12-20,19(2)3)15-7-5-4-6-8-15/h4-8,14H,9-13,18H2,1-3H3. The molecule has 116 valence electrons. The molecule has 0 bridgehead atoms. The van der Waals surface area contributed by atoms with E-state index in [1.807, 2.05) is 17.9 Å². The van der Waals surface area contributed by atoms with Crippen LogP contribution in [0.2, 0.25) is 0 Å². The molecule has 1 saturated heterocycles. The molecule has 4 nitrogen and oxygen atoms in total. The summed E-state index contributed by atoms with van der Waals surface area (Å²) in [6, 6.07) is 10.6. The highest BCUT2D eigenvalue weighted by molar-refractivity contribution is 5.76. The lowest BCUT2D eigenvalue weighted by atomic mass is 9.79. The molecule has 0 saturated carbocycles. The molecular weight excluding hydrogens is 262 g/mol. The van der Waals surface area contributed by atoms with E-state index in [1.54, 1.807) is 0 Å². The predicted octanol–water partition coefficient (Wildman–Crippen LogP) is 1.80. The molecule has 4 heteroatoms. The second-order valence-electron chi connectivity index (χ2n) is 6.35. The van der Waals surface area contributed by atoms with E-state index in [4.69, 9.17) is 5.73 Å². The zero-order valence-electron chi connectivity index (χ0n) is 13.4. The van der Waals surface area contributed by atoms with Crippen LogP contribution in [0.1, 0.15) is 31.7 Å². The summed E-state index contributed by atoms with van der Waals surface area (Å²) in [7, 11) is 4.26. The van der Waals surface area contributed by atoms with Crippen molar-refractivity contribution in [1.82, 2.24) is 9.80 Å². The van der Waals surface area contributed by atoms with Gasteiger partial charge in [0, 0.05) is 31.1 Å². The smallest absolute Gasteiger partial charge is 0.224 e. The summed E-state index contributed by atoms with van der Waals surface area (Å²) < 4.78 is 0. The van der Waals surface area contributed by atoms with Crippen molar-refractivity contribution in [2.24, 2.45) is 5.73 Å². The Balaban J connectivity index is 2.10. The van der Waals surface area contributed by atoms with Gasteiger partial charge in [-0.2, -0.15) is 0 Å². The van der Waals surface area contributed by atoms with Crippen molar-refractivity contribution >= 4 is 5.91 Å². The Morgan fingerprint density at radius 2 is 1.86 bits per heavy atom. The molecule has 1 aromatic rings. The van der Waals surface area contributed by atoms with Gasteiger partial charge in [0.15, 0.2) is 0 Å². The Hall–Kier alpha value is -1.39. The lowest BCUT2D eigenvalue weighted by molar-refractivity contribution is -0.134. The lowest BCUT2D eigenvalue weighted by Crippen LogP contribution is -2.52. The molecule has 1 atom stereocenters. The summed E-state index contributed by atoms with van der Waals surface area (Å²) in [6.07, 6.45) is 2.38. The molecule has 1 amide bonds. The number of nitrogens with two attached hydrogens (primary N) is 1. The SMILES string of the molecule is CC(N)CC(=O)N1CCC(c2ccccc2)(N(C)C)CC1. The number of amides is 1. The summed E-state index contributed by atoms with van der Waals surface area (Å²) in [4.78, 5) is 16.4.